The first kappa shape index (κ1) is 12.6. The van der Waals surface area contributed by atoms with Crippen LogP contribution >= 0.6 is 15.9 Å². The zero-order valence-corrected chi connectivity index (χ0v) is 12.0. The van der Waals surface area contributed by atoms with Crippen LogP contribution in [0.2, 0.25) is 0 Å². The highest BCUT2D eigenvalue weighted by Crippen LogP contribution is 2.30. The van der Waals surface area contributed by atoms with Crippen molar-refractivity contribution in [3.8, 4) is 0 Å². The molecule has 1 aliphatic heterocycles. The molecule has 0 radical (unpaired) electrons. The molecule has 1 aliphatic rings. The summed E-state index contributed by atoms with van der Waals surface area (Å²) in [5.74, 6) is 0.194. The Morgan fingerprint density at radius 3 is 2.74 bits per heavy atom. The highest BCUT2D eigenvalue weighted by molar-refractivity contribution is 9.10. The van der Waals surface area contributed by atoms with Crippen LogP contribution in [0.5, 0.6) is 0 Å². The van der Waals surface area contributed by atoms with E-state index < -0.39 is 0 Å². The van der Waals surface area contributed by atoms with Crippen LogP contribution in [0.15, 0.2) is 40.9 Å². The Bertz CT molecular complexity index is 621. The highest BCUT2D eigenvalue weighted by atomic mass is 79.9. The van der Waals surface area contributed by atoms with Crippen molar-refractivity contribution in [2.75, 3.05) is 18.4 Å². The third-order valence-corrected chi connectivity index (χ3v) is 4.25. The Balaban J connectivity index is 1.92. The van der Waals surface area contributed by atoms with E-state index in [9.17, 15) is 4.79 Å². The monoisotopic (exact) mass is 318 g/mol. The van der Waals surface area contributed by atoms with Gasteiger partial charge in [-0.05, 0) is 30.5 Å². The molecule has 0 aliphatic carbocycles. The van der Waals surface area contributed by atoms with Gasteiger partial charge in [0.05, 0.1) is 5.92 Å². The lowest BCUT2D eigenvalue weighted by atomic mass is 10.1. The third kappa shape index (κ3) is 2.51. The van der Waals surface area contributed by atoms with Crippen LogP contribution in [-0.4, -0.2) is 19.0 Å². The van der Waals surface area contributed by atoms with Gasteiger partial charge < -0.3 is 10.6 Å². The van der Waals surface area contributed by atoms with Crippen molar-refractivity contribution in [3.05, 3.63) is 40.9 Å². The van der Waals surface area contributed by atoms with Gasteiger partial charge in [-0.1, -0.05) is 40.2 Å². The summed E-state index contributed by atoms with van der Waals surface area (Å²) in [4.78, 5) is 12.2. The number of carbonyl (C=O) groups is 1. The Morgan fingerprint density at radius 2 is 2.00 bits per heavy atom. The second-order valence-corrected chi connectivity index (χ2v) is 5.67. The average molecular weight is 319 g/mol. The van der Waals surface area contributed by atoms with Crippen LogP contribution in [0.25, 0.3) is 10.8 Å². The minimum absolute atomic E-state index is 0.0856. The molecule has 1 fully saturated rings. The fourth-order valence-corrected chi connectivity index (χ4v) is 2.96. The number of halogens is 1. The van der Waals surface area contributed by atoms with E-state index in [-0.39, 0.29) is 11.8 Å². The quantitative estimate of drug-likeness (QED) is 0.893. The number of hydrogen-bond acceptors (Lipinski definition) is 2. The number of nitrogens with one attached hydrogen (secondary N) is 2. The SMILES string of the molecule is O=C(Nc1ccc(Br)c2ccccc12)C1CCNC1. The Hall–Kier alpha value is -1.39. The number of fused-ring (bicyclic) bond motifs is 1. The summed E-state index contributed by atoms with van der Waals surface area (Å²) in [6.07, 6.45) is 0.917. The summed E-state index contributed by atoms with van der Waals surface area (Å²) in [5.41, 5.74) is 0.885. The van der Waals surface area contributed by atoms with E-state index in [1.165, 1.54) is 0 Å². The molecule has 2 aromatic carbocycles. The molecule has 1 heterocycles. The van der Waals surface area contributed by atoms with Crippen molar-refractivity contribution in [3.63, 3.8) is 0 Å². The van der Waals surface area contributed by atoms with Gasteiger partial charge >= 0.3 is 0 Å². The first-order valence-corrected chi connectivity index (χ1v) is 7.24. The van der Waals surface area contributed by atoms with Crippen LogP contribution in [0.3, 0.4) is 0 Å². The van der Waals surface area contributed by atoms with Gasteiger partial charge in [0.2, 0.25) is 5.91 Å². The molecular weight excluding hydrogens is 304 g/mol. The zero-order valence-electron chi connectivity index (χ0n) is 10.4. The fraction of sp³-hybridized carbons (Fsp3) is 0.267. The van der Waals surface area contributed by atoms with Crippen LogP contribution in [-0.2, 0) is 4.79 Å². The van der Waals surface area contributed by atoms with Gasteiger partial charge in [-0.15, -0.1) is 0 Å². The maximum atomic E-state index is 12.2. The molecule has 2 aromatic rings. The number of benzene rings is 2. The topological polar surface area (TPSA) is 41.1 Å². The van der Waals surface area contributed by atoms with E-state index >= 15 is 0 Å². The van der Waals surface area contributed by atoms with Gasteiger partial charge in [0, 0.05) is 22.1 Å². The van der Waals surface area contributed by atoms with Gasteiger partial charge in [-0.2, -0.15) is 0 Å². The molecule has 3 nitrogen and oxygen atoms in total. The predicted octanol–water partition coefficient (Wildman–Crippen LogP) is 3.15. The third-order valence-electron chi connectivity index (χ3n) is 3.56. The average Bonchev–Trinajstić information content (AvgIpc) is 2.96. The molecule has 4 heteroatoms. The summed E-state index contributed by atoms with van der Waals surface area (Å²) in [6, 6.07) is 12.0. The van der Waals surface area contributed by atoms with Crippen molar-refractivity contribution in [2.24, 2.45) is 5.92 Å². The molecule has 0 aromatic heterocycles. The molecule has 1 atom stereocenters. The van der Waals surface area contributed by atoms with Crippen molar-refractivity contribution >= 4 is 38.3 Å². The van der Waals surface area contributed by atoms with E-state index in [1.54, 1.807) is 0 Å². The van der Waals surface area contributed by atoms with Gasteiger partial charge in [-0.3, -0.25) is 4.79 Å². The van der Waals surface area contributed by atoms with Crippen LogP contribution < -0.4 is 10.6 Å². The number of rotatable bonds is 2. The largest absolute Gasteiger partial charge is 0.325 e. The first-order chi connectivity index (χ1) is 9.25. The summed E-state index contributed by atoms with van der Waals surface area (Å²) >= 11 is 3.54. The Kier molecular flexibility index (Phi) is 3.53. The molecule has 0 spiro atoms. The molecule has 0 bridgehead atoms. The molecule has 1 saturated heterocycles. The molecule has 3 rings (SSSR count). The molecule has 19 heavy (non-hydrogen) atoms. The first-order valence-electron chi connectivity index (χ1n) is 6.44. The molecule has 1 amide bonds. The summed E-state index contributed by atoms with van der Waals surface area (Å²) in [6.45, 7) is 1.71. The normalized spacial score (nSPS) is 18.7. The lowest BCUT2D eigenvalue weighted by molar-refractivity contribution is -0.119. The smallest absolute Gasteiger partial charge is 0.228 e. The van der Waals surface area contributed by atoms with Crippen molar-refractivity contribution < 1.29 is 4.79 Å². The standard InChI is InChI=1S/C15H15BrN2O/c16-13-5-6-14(12-4-2-1-3-11(12)13)18-15(19)10-7-8-17-9-10/h1-6,10,17H,7-9H2,(H,18,19). The van der Waals surface area contributed by atoms with Gasteiger partial charge in [0.1, 0.15) is 0 Å². The van der Waals surface area contributed by atoms with Gasteiger partial charge in [-0.25, -0.2) is 0 Å². The molecule has 2 N–H and O–H groups in total. The van der Waals surface area contributed by atoms with E-state index in [2.05, 4.69) is 26.6 Å². The maximum absolute atomic E-state index is 12.2. The maximum Gasteiger partial charge on any atom is 0.228 e. The summed E-state index contributed by atoms with van der Waals surface area (Å²) < 4.78 is 1.05. The number of amides is 1. The molecule has 98 valence electrons. The molecule has 0 saturated carbocycles. The minimum atomic E-state index is 0.0856. The second kappa shape index (κ2) is 5.31. The van der Waals surface area contributed by atoms with E-state index in [1.807, 2.05) is 36.4 Å². The second-order valence-electron chi connectivity index (χ2n) is 4.82. The Labute approximate surface area is 120 Å². The van der Waals surface area contributed by atoms with E-state index in [0.29, 0.717) is 0 Å². The predicted molar refractivity (Wildman–Crippen MR) is 81.3 cm³/mol. The highest BCUT2D eigenvalue weighted by Gasteiger charge is 2.22. The number of hydrogen-bond donors (Lipinski definition) is 2. The summed E-state index contributed by atoms with van der Waals surface area (Å²) in [5, 5.41) is 8.45. The lowest BCUT2D eigenvalue weighted by Crippen LogP contribution is -2.24. The summed E-state index contributed by atoms with van der Waals surface area (Å²) in [7, 11) is 0. The van der Waals surface area contributed by atoms with Crippen molar-refractivity contribution in [1.29, 1.82) is 0 Å². The Morgan fingerprint density at radius 1 is 1.21 bits per heavy atom. The van der Waals surface area contributed by atoms with Crippen LogP contribution in [0, 0.1) is 5.92 Å². The fourth-order valence-electron chi connectivity index (χ4n) is 2.48. The van der Waals surface area contributed by atoms with E-state index in [0.717, 1.165) is 40.4 Å². The van der Waals surface area contributed by atoms with Crippen molar-refractivity contribution in [2.45, 2.75) is 6.42 Å². The number of anilines is 1. The lowest BCUT2D eigenvalue weighted by Gasteiger charge is -2.12. The van der Waals surface area contributed by atoms with Crippen LogP contribution in [0.1, 0.15) is 6.42 Å². The van der Waals surface area contributed by atoms with Crippen LogP contribution in [0.4, 0.5) is 5.69 Å². The van der Waals surface area contributed by atoms with E-state index in [4.69, 9.17) is 0 Å². The molecular formula is C15H15BrN2O. The van der Waals surface area contributed by atoms with Crippen molar-refractivity contribution in [1.82, 2.24) is 5.32 Å². The molecule has 1 unspecified atom stereocenters. The minimum Gasteiger partial charge on any atom is -0.325 e. The number of carbonyl (C=O) groups excluding carboxylic acids is 1. The van der Waals surface area contributed by atoms with Gasteiger partial charge in [0.15, 0.2) is 0 Å². The zero-order chi connectivity index (χ0) is 13.2. The van der Waals surface area contributed by atoms with Gasteiger partial charge in [0.25, 0.3) is 0 Å².